The maximum atomic E-state index is 12.8. The van der Waals surface area contributed by atoms with Gasteiger partial charge in [-0.05, 0) is 57.3 Å². The molecule has 2 rings (SSSR count). The molecule has 1 aliphatic heterocycles. The van der Waals surface area contributed by atoms with Crippen LogP contribution in [0.2, 0.25) is 0 Å². The van der Waals surface area contributed by atoms with Crippen LogP contribution in [0.15, 0.2) is 0 Å². The molecule has 8 heteroatoms. The van der Waals surface area contributed by atoms with Crippen LogP contribution in [0.3, 0.4) is 0 Å². The summed E-state index contributed by atoms with van der Waals surface area (Å²) in [6.07, 6.45) is 4.55. The number of piperidine rings is 1. The first kappa shape index (κ1) is 22.2. The Kier molecular flexibility index (Phi) is 7.81. The quantitative estimate of drug-likeness (QED) is 0.484. The van der Waals surface area contributed by atoms with Crippen LogP contribution >= 0.6 is 0 Å². The number of nitriles is 1. The van der Waals surface area contributed by atoms with Crippen LogP contribution in [0.1, 0.15) is 65.2 Å². The molecule has 0 aromatic carbocycles. The highest BCUT2D eigenvalue weighted by molar-refractivity contribution is 5.91. The van der Waals surface area contributed by atoms with Crippen LogP contribution in [-0.4, -0.2) is 47.1 Å². The standard InChI is InChI=1S/C20H32N4O4/c1-13(2)10-16(24-19(27)20(28)7-3-4-8-20)18(26)23-15(12-21)11-14-6-5-9-22-17(14)25/h13-16,28H,3-11H2,1-2H3,(H,22,25)(H,23,26)(H,24,27)/t14-,15-,16-/m0/s1. The number of amides is 3. The predicted octanol–water partition coefficient (Wildman–Crippen LogP) is 0.747. The van der Waals surface area contributed by atoms with Crippen LogP contribution in [0.4, 0.5) is 0 Å². The van der Waals surface area contributed by atoms with Crippen LogP contribution < -0.4 is 16.0 Å². The highest BCUT2D eigenvalue weighted by Crippen LogP contribution is 2.29. The van der Waals surface area contributed by atoms with E-state index in [1.165, 1.54) is 0 Å². The topological polar surface area (TPSA) is 131 Å². The molecule has 1 saturated carbocycles. The number of hydrogen-bond acceptors (Lipinski definition) is 5. The van der Waals surface area contributed by atoms with Gasteiger partial charge in [-0.3, -0.25) is 14.4 Å². The van der Waals surface area contributed by atoms with Crippen molar-refractivity contribution in [3.63, 3.8) is 0 Å². The fourth-order valence-corrected chi connectivity index (χ4v) is 3.94. The molecular weight excluding hydrogens is 360 g/mol. The van der Waals surface area contributed by atoms with Gasteiger partial charge in [0.2, 0.25) is 11.8 Å². The third-order valence-corrected chi connectivity index (χ3v) is 5.57. The molecule has 4 N–H and O–H groups in total. The van der Waals surface area contributed by atoms with Gasteiger partial charge in [-0.1, -0.05) is 13.8 Å². The van der Waals surface area contributed by atoms with Crippen LogP contribution in [0.5, 0.6) is 0 Å². The van der Waals surface area contributed by atoms with Crippen molar-refractivity contribution in [2.45, 2.75) is 82.9 Å². The number of hydrogen-bond donors (Lipinski definition) is 4. The van der Waals surface area contributed by atoms with E-state index in [2.05, 4.69) is 22.0 Å². The summed E-state index contributed by atoms with van der Waals surface area (Å²) < 4.78 is 0. The van der Waals surface area contributed by atoms with Crippen molar-refractivity contribution >= 4 is 17.7 Å². The Morgan fingerprint density at radius 1 is 1.29 bits per heavy atom. The zero-order valence-corrected chi connectivity index (χ0v) is 16.8. The molecule has 8 nitrogen and oxygen atoms in total. The first-order valence-corrected chi connectivity index (χ1v) is 10.3. The third kappa shape index (κ3) is 5.93. The van der Waals surface area contributed by atoms with Gasteiger partial charge in [0.05, 0.1) is 6.07 Å². The molecule has 1 aliphatic carbocycles. The lowest BCUT2D eigenvalue weighted by Crippen LogP contribution is -2.55. The largest absolute Gasteiger partial charge is 0.380 e. The lowest BCUT2D eigenvalue weighted by atomic mass is 9.91. The van der Waals surface area contributed by atoms with E-state index in [1.807, 2.05) is 13.8 Å². The number of rotatable bonds is 8. The molecule has 0 bridgehead atoms. The molecule has 2 aliphatic rings. The second kappa shape index (κ2) is 9.87. The Morgan fingerprint density at radius 2 is 1.96 bits per heavy atom. The average molecular weight is 393 g/mol. The van der Waals surface area contributed by atoms with Crippen molar-refractivity contribution in [2.75, 3.05) is 6.54 Å². The molecule has 2 fully saturated rings. The van der Waals surface area contributed by atoms with E-state index in [0.29, 0.717) is 32.2 Å². The molecule has 3 atom stereocenters. The number of aliphatic hydroxyl groups is 1. The number of carbonyl (C=O) groups is 3. The molecule has 0 aromatic heterocycles. The van der Waals surface area contributed by atoms with Gasteiger partial charge in [-0.2, -0.15) is 5.26 Å². The lowest BCUT2D eigenvalue weighted by molar-refractivity contribution is -0.142. The molecule has 156 valence electrons. The Bertz CT molecular complexity index is 622. The summed E-state index contributed by atoms with van der Waals surface area (Å²) >= 11 is 0. The van der Waals surface area contributed by atoms with E-state index in [4.69, 9.17) is 0 Å². The minimum Gasteiger partial charge on any atom is -0.380 e. The summed E-state index contributed by atoms with van der Waals surface area (Å²) in [6, 6.07) is 0.422. The van der Waals surface area contributed by atoms with E-state index in [1.54, 1.807) is 0 Å². The number of nitrogens with zero attached hydrogens (tertiary/aromatic N) is 1. The predicted molar refractivity (Wildman–Crippen MR) is 103 cm³/mol. The van der Waals surface area contributed by atoms with E-state index < -0.39 is 29.5 Å². The fraction of sp³-hybridized carbons (Fsp3) is 0.800. The van der Waals surface area contributed by atoms with Crippen molar-refractivity contribution in [1.29, 1.82) is 5.26 Å². The molecule has 3 amide bonds. The summed E-state index contributed by atoms with van der Waals surface area (Å²) in [5.41, 5.74) is -1.41. The molecule has 0 unspecified atom stereocenters. The zero-order valence-electron chi connectivity index (χ0n) is 16.8. The van der Waals surface area contributed by atoms with Gasteiger partial charge < -0.3 is 21.1 Å². The van der Waals surface area contributed by atoms with E-state index in [0.717, 1.165) is 19.3 Å². The number of carbonyl (C=O) groups excluding carboxylic acids is 3. The summed E-state index contributed by atoms with van der Waals surface area (Å²) in [6.45, 7) is 4.51. The molecule has 28 heavy (non-hydrogen) atoms. The first-order chi connectivity index (χ1) is 13.2. The van der Waals surface area contributed by atoms with Gasteiger partial charge in [-0.15, -0.1) is 0 Å². The monoisotopic (exact) mass is 392 g/mol. The Labute approximate surface area is 166 Å². The van der Waals surface area contributed by atoms with Gasteiger partial charge in [0.25, 0.3) is 5.91 Å². The molecule has 0 radical (unpaired) electrons. The summed E-state index contributed by atoms with van der Waals surface area (Å²) in [4.78, 5) is 37.2. The normalized spacial score (nSPS) is 23.4. The van der Waals surface area contributed by atoms with Crippen LogP contribution in [-0.2, 0) is 14.4 Å². The van der Waals surface area contributed by atoms with Crippen molar-refractivity contribution in [2.24, 2.45) is 11.8 Å². The Morgan fingerprint density at radius 3 is 2.54 bits per heavy atom. The van der Waals surface area contributed by atoms with E-state index >= 15 is 0 Å². The zero-order chi connectivity index (χ0) is 20.7. The Balaban J connectivity index is 1.99. The van der Waals surface area contributed by atoms with Crippen molar-refractivity contribution in [3.05, 3.63) is 0 Å². The molecule has 1 saturated heterocycles. The van der Waals surface area contributed by atoms with E-state index in [-0.39, 0.29) is 24.2 Å². The Hall–Kier alpha value is -2.14. The molecular formula is C20H32N4O4. The molecule has 0 aromatic rings. The van der Waals surface area contributed by atoms with Gasteiger partial charge in [0, 0.05) is 12.5 Å². The fourth-order valence-electron chi connectivity index (χ4n) is 3.94. The summed E-state index contributed by atoms with van der Waals surface area (Å²) in [5, 5.41) is 28.0. The van der Waals surface area contributed by atoms with Crippen LogP contribution in [0.25, 0.3) is 0 Å². The summed E-state index contributed by atoms with van der Waals surface area (Å²) in [5.74, 6) is -1.22. The van der Waals surface area contributed by atoms with Crippen LogP contribution in [0, 0.1) is 23.2 Å². The van der Waals surface area contributed by atoms with E-state index in [9.17, 15) is 24.8 Å². The minimum atomic E-state index is -1.41. The molecule has 1 heterocycles. The lowest BCUT2D eigenvalue weighted by Gasteiger charge is -2.28. The van der Waals surface area contributed by atoms with Gasteiger partial charge in [0.1, 0.15) is 17.7 Å². The second-order valence-corrected chi connectivity index (χ2v) is 8.45. The maximum absolute atomic E-state index is 12.8. The SMILES string of the molecule is CC(C)C[C@H](NC(=O)C1(O)CCCC1)C(=O)N[C@H](C#N)C[C@@H]1CCCNC1=O. The highest BCUT2D eigenvalue weighted by Gasteiger charge is 2.40. The summed E-state index contributed by atoms with van der Waals surface area (Å²) in [7, 11) is 0. The smallest absolute Gasteiger partial charge is 0.252 e. The average Bonchev–Trinajstić information content (AvgIpc) is 3.09. The maximum Gasteiger partial charge on any atom is 0.252 e. The third-order valence-electron chi connectivity index (χ3n) is 5.57. The molecule has 0 spiro atoms. The highest BCUT2D eigenvalue weighted by atomic mass is 16.3. The number of nitrogens with one attached hydrogen (secondary N) is 3. The van der Waals surface area contributed by atoms with Crippen molar-refractivity contribution in [1.82, 2.24) is 16.0 Å². The van der Waals surface area contributed by atoms with Gasteiger partial charge in [0.15, 0.2) is 0 Å². The van der Waals surface area contributed by atoms with Gasteiger partial charge >= 0.3 is 0 Å². The minimum absolute atomic E-state index is 0.0868. The van der Waals surface area contributed by atoms with Crippen molar-refractivity contribution in [3.8, 4) is 6.07 Å². The second-order valence-electron chi connectivity index (χ2n) is 8.45. The van der Waals surface area contributed by atoms with Crippen molar-refractivity contribution < 1.29 is 19.5 Å². The first-order valence-electron chi connectivity index (χ1n) is 10.3. The van der Waals surface area contributed by atoms with Gasteiger partial charge in [-0.25, -0.2) is 0 Å².